The average Bonchev–Trinajstić information content (AvgIpc) is 2.91. The number of carboxylic acid groups (broad SMARTS) is 1. The first-order valence-electron chi connectivity index (χ1n) is 5.69. The van der Waals surface area contributed by atoms with Gasteiger partial charge in [0.15, 0.2) is 0 Å². The standard InChI is InChI=1S/C12H13N3O4S/c1-15(8-11-13-6-7-14-11)20(18,19)10-4-2-9(3-5-10)12(16)17/h2-7H,8H2,1H3,(H,13,14)(H,16,17). The summed E-state index contributed by atoms with van der Waals surface area (Å²) in [5.41, 5.74) is 0.0395. The van der Waals surface area contributed by atoms with Gasteiger partial charge in [-0.25, -0.2) is 18.2 Å². The molecule has 1 aromatic heterocycles. The number of sulfonamides is 1. The minimum atomic E-state index is -3.68. The Morgan fingerprint density at radius 2 is 2.00 bits per heavy atom. The quantitative estimate of drug-likeness (QED) is 0.854. The molecule has 0 radical (unpaired) electrons. The van der Waals surface area contributed by atoms with E-state index < -0.39 is 16.0 Å². The maximum atomic E-state index is 12.3. The average molecular weight is 295 g/mol. The van der Waals surface area contributed by atoms with Crippen molar-refractivity contribution in [2.75, 3.05) is 7.05 Å². The molecule has 0 aliphatic carbocycles. The smallest absolute Gasteiger partial charge is 0.335 e. The van der Waals surface area contributed by atoms with Gasteiger partial charge in [0.05, 0.1) is 17.0 Å². The molecule has 2 rings (SSSR count). The number of nitrogens with one attached hydrogen (secondary N) is 1. The molecule has 2 N–H and O–H groups in total. The fourth-order valence-electron chi connectivity index (χ4n) is 1.63. The molecule has 0 atom stereocenters. The number of nitrogens with zero attached hydrogens (tertiary/aromatic N) is 2. The van der Waals surface area contributed by atoms with Crippen molar-refractivity contribution in [3.05, 3.63) is 48.0 Å². The summed E-state index contributed by atoms with van der Waals surface area (Å²) in [4.78, 5) is 17.6. The van der Waals surface area contributed by atoms with Crippen molar-refractivity contribution in [3.63, 3.8) is 0 Å². The van der Waals surface area contributed by atoms with Gasteiger partial charge in [-0.15, -0.1) is 0 Å². The zero-order valence-corrected chi connectivity index (χ0v) is 11.5. The summed E-state index contributed by atoms with van der Waals surface area (Å²) in [6, 6.07) is 5.07. The number of aromatic carboxylic acids is 1. The molecule has 106 valence electrons. The highest BCUT2D eigenvalue weighted by Crippen LogP contribution is 2.16. The van der Waals surface area contributed by atoms with E-state index in [9.17, 15) is 13.2 Å². The predicted octanol–water partition coefficient (Wildman–Crippen LogP) is 0.929. The number of aromatic nitrogens is 2. The number of benzene rings is 1. The van der Waals surface area contributed by atoms with Crippen molar-refractivity contribution in [1.82, 2.24) is 14.3 Å². The van der Waals surface area contributed by atoms with Crippen LogP contribution in [-0.2, 0) is 16.6 Å². The third-order valence-electron chi connectivity index (χ3n) is 2.74. The number of hydrogen-bond donors (Lipinski definition) is 2. The molecule has 0 bridgehead atoms. The van der Waals surface area contributed by atoms with Gasteiger partial charge in [-0.3, -0.25) is 0 Å². The minimum Gasteiger partial charge on any atom is -0.478 e. The summed E-state index contributed by atoms with van der Waals surface area (Å²) in [5, 5.41) is 8.79. The normalized spacial score (nSPS) is 11.7. The lowest BCUT2D eigenvalue weighted by Gasteiger charge is -2.16. The Hall–Kier alpha value is -2.19. The monoisotopic (exact) mass is 295 g/mol. The third-order valence-corrected chi connectivity index (χ3v) is 4.55. The van der Waals surface area contributed by atoms with Gasteiger partial charge in [0.1, 0.15) is 5.82 Å². The van der Waals surface area contributed by atoms with Gasteiger partial charge in [0, 0.05) is 19.4 Å². The van der Waals surface area contributed by atoms with Gasteiger partial charge in [0.25, 0.3) is 0 Å². The van der Waals surface area contributed by atoms with E-state index in [1.165, 1.54) is 37.5 Å². The number of imidazole rings is 1. The van der Waals surface area contributed by atoms with Crippen LogP contribution in [0, 0.1) is 0 Å². The SMILES string of the molecule is CN(Cc1ncc[nH]1)S(=O)(=O)c1ccc(C(=O)O)cc1. The second-order valence-electron chi connectivity index (χ2n) is 4.13. The Bertz CT molecular complexity index is 693. The fourth-order valence-corrected chi connectivity index (χ4v) is 2.76. The lowest BCUT2D eigenvalue weighted by atomic mass is 10.2. The van der Waals surface area contributed by atoms with E-state index in [1.54, 1.807) is 6.20 Å². The Kier molecular flexibility index (Phi) is 3.86. The second-order valence-corrected chi connectivity index (χ2v) is 6.17. The van der Waals surface area contributed by atoms with Crippen LogP contribution in [-0.4, -0.2) is 40.8 Å². The summed E-state index contributed by atoms with van der Waals surface area (Å²) >= 11 is 0. The van der Waals surface area contributed by atoms with E-state index in [0.29, 0.717) is 5.82 Å². The van der Waals surface area contributed by atoms with Crippen LogP contribution >= 0.6 is 0 Å². The maximum Gasteiger partial charge on any atom is 0.335 e. The number of rotatable bonds is 5. The molecule has 0 aliphatic heterocycles. The molecular weight excluding hydrogens is 282 g/mol. The van der Waals surface area contributed by atoms with Crippen LogP contribution < -0.4 is 0 Å². The summed E-state index contributed by atoms with van der Waals surface area (Å²) in [6.45, 7) is 0.107. The molecule has 8 heteroatoms. The molecule has 0 amide bonds. The third kappa shape index (κ3) is 2.86. The van der Waals surface area contributed by atoms with E-state index >= 15 is 0 Å². The molecule has 7 nitrogen and oxygen atoms in total. The van der Waals surface area contributed by atoms with Crippen LogP contribution in [0.3, 0.4) is 0 Å². The molecular formula is C12H13N3O4S. The molecule has 0 aliphatic rings. The van der Waals surface area contributed by atoms with Crippen LogP contribution in [0.15, 0.2) is 41.6 Å². The Morgan fingerprint density at radius 1 is 1.35 bits per heavy atom. The second kappa shape index (κ2) is 5.43. The zero-order valence-electron chi connectivity index (χ0n) is 10.6. The van der Waals surface area contributed by atoms with Gasteiger partial charge in [0.2, 0.25) is 10.0 Å². The molecule has 0 fully saturated rings. The first-order chi connectivity index (χ1) is 9.41. The van der Waals surface area contributed by atoms with Crippen molar-refractivity contribution in [2.24, 2.45) is 0 Å². The largest absolute Gasteiger partial charge is 0.478 e. The fraction of sp³-hybridized carbons (Fsp3) is 0.167. The van der Waals surface area contributed by atoms with Crippen molar-refractivity contribution in [3.8, 4) is 0 Å². The first-order valence-corrected chi connectivity index (χ1v) is 7.13. The lowest BCUT2D eigenvalue weighted by Crippen LogP contribution is -2.27. The number of carbonyl (C=O) groups is 1. The minimum absolute atomic E-state index is 0.0385. The molecule has 2 aromatic rings. The highest BCUT2D eigenvalue weighted by atomic mass is 32.2. The molecule has 1 heterocycles. The van der Waals surface area contributed by atoms with Crippen LogP contribution in [0.1, 0.15) is 16.2 Å². The van der Waals surface area contributed by atoms with Crippen LogP contribution in [0.2, 0.25) is 0 Å². The Balaban J connectivity index is 2.23. The van der Waals surface area contributed by atoms with Crippen molar-refractivity contribution in [1.29, 1.82) is 0 Å². The molecule has 0 saturated heterocycles. The summed E-state index contributed by atoms with van der Waals surface area (Å²) < 4.78 is 25.7. The topological polar surface area (TPSA) is 103 Å². The van der Waals surface area contributed by atoms with Crippen molar-refractivity contribution >= 4 is 16.0 Å². The summed E-state index contributed by atoms with van der Waals surface area (Å²) in [5.74, 6) is -0.573. The summed E-state index contributed by atoms with van der Waals surface area (Å²) in [7, 11) is -2.24. The highest BCUT2D eigenvalue weighted by molar-refractivity contribution is 7.89. The van der Waals surface area contributed by atoms with Crippen LogP contribution in [0.5, 0.6) is 0 Å². The van der Waals surface area contributed by atoms with E-state index in [4.69, 9.17) is 5.11 Å². The number of carboxylic acids is 1. The van der Waals surface area contributed by atoms with E-state index in [1.807, 2.05) is 0 Å². The van der Waals surface area contributed by atoms with E-state index in [-0.39, 0.29) is 17.0 Å². The zero-order chi connectivity index (χ0) is 14.8. The predicted molar refractivity (Wildman–Crippen MR) is 70.6 cm³/mol. The number of aromatic amines is 1. The van der Waals surface area contributed by atoms with Crippen molar-refractivity contribution in [2.45, 2.75) is 11.4 Å². The molecule has 0 unspecified atom stereocenters. The van der Waals surface area contributed by atoms with Gasteiger partial charge in [-0.05, 0) is 24.3 Å². The molecule has 0 spiro atoms. The summed E-state index contributed by atoms with van der Waals surface area (Å²) in [6.07, 6.45) is 3.15. The van der Waals surface area contributed by atoms with Gasteiger partial charge in [-0.2, -0.15) is 4.31 Å². The van der Waals surface area contributed by atoms with E-state index in [2.05, 4.69) is 9.97 Å². The lowest BCUT2D eigenvalue weighted by molar-refractivity contribution is 0.0696. The molecule has 1 aromatic carbocycles. The molecule has 0 saturated carbocycles. The molecule has 20 heavy (non-hydrogen) atoms. The van der Waals surface area contributed by atoms with E-state index in [0.717, 1.165) is 4.31 Å². The number of hydrogen-bond acceptors (Lipinski definition) is 4. The van der Waals surface area contributed by atoms with Gasteiger partial charge < -0.3 is 10.1 Å². The Labute approximate surface area is 115 Å². The number of H-pyrrole nitrogens is 1. The van der Waals surface area contributed by atoms with Crippen molar-refractivity contribution < 1.29 is 18.3 Å². The maximum absolute atomic E-state index is 12.3. The Morgan fingerprint density at radius 3 is 2.50 bits per heavy atom. The highest BCUT2D eigenvalue weighted by Gasteiger charge is 2.21. The van der Waals surface area contributed by atoms with Crippen LogP contribution in [0.25, 0.3) is 0 Å². The van der Waals surface area contributed by atoms with Gasteiger partial charge >= 0.3 is 5.97 Å². The first kappa shape index (κ1) is 14.2. The van der Waals surface area contributed by atoms with Crippen LogP contribution in [0.4, 0.5) is 0 Å². The van der Waals surface area contributed by atoms with Gasteiger partial charge in [-0.1, -0.05) is 0 Å².